The summed E-state index contributed by atoms with van der Waals surface area (Å²) < 4.78 is 7.23. The third-order valence-electron chi connectivity index (χ3n) is 4.24. The summed E-state index contributed by atoms with van der Waals surface area (Å²) >= 11 is 3.69. The van der Waals surface area contributed by atoms with E-state index in [-0.39, 0.29) is 0 Å². The third-order valence-corrected chi connectivity index (χ3v) is 4.86. The molecule has 0 radical (unpaired) electrons. The Morgan fingerprint density at radius 2 is 2.05 bits per heavy atom. The van der Waals surface area contributed by atoms with Gasteiger partial charge in [0.05, 0.1) is 6.61 Å². The highest BCUT2D eigenvalue weighted by Crippen LogP contribution is 2.36. The van der Waals surface area contributed by atoms with Crippen molar-refractivity contribution in [1.29, 1.82) is 0 Å². The first-order chi connectivity index (χ1) is 10.1. The van der Waals surface area contributed by atoms with Crippen molar-refractivity contribution in [2.45, 2.75) is 33.1 Å². The zero-order valence-electron chi connectivity index (χ0n) is 12.7. The Bertz CT molecular complexity index is 591. The van der Waals surface area contributed by atoms with Crippen LogP contribution in [-0.2, 0) is 4.74 Å². The van der Waals surface area contributed by atoms with E-state index in [1.807, 2.05) is 0 Å². The van der Waals surface area contributed by atoms with Crippen molar-refractivity contribution in [2.24, 2.45) is 5.92 Å². The average Bonchev–Trinajstić information content (AvgIpc) is 2.45. The molecule has 21 heavy (non-hydrogen) atoms. The molecule has 3 rings (SSSR count). The zero-order valence-corrected chi connectivity index (χ0v) is 14.3. The van der Waals surface area contributed by atoms with Crippen molar-refractivity contribution in [2.75, 3.05) is 18.2 Å². The van der Waals surface area contributed by atoms with Crippen LogP contribution in [0.4, 0.5) is 5.69 Å². The second-order valence-electron chi connectivity index (χ2n) is 6.10. The predicted molar refractivity (Wildman–Crippen MR) is 91.5 cm³/mol. The lowest BCUT2D eigenvalue weighted by Gasteiger charge is -2.34. The summed E-state index contributed by atoms with van der Waals surface area (Å²) in [6, 6.07) is 8.54. The largest absolute Gasteiger partial charge is 0.360 e. The van der Waals surface area contributed by atoms with Gasteiger partial charge in [0.2, 0.25) is 0 Å². The van der Waals surface area contributed by atoms with Gasteiger partial charge in [-0.2, -0.15) is 0 Å². The SMILES string of the molecule is Cc1ccccc1N1COCC(C)CC2=C1C=C(Br)CC2. The number of nitrogens with zero attached hydrogens (tertiary/aromatic N) is 1. The van der Waals surface area contributed by atoms with E-state index >= 15 is 0 Å². The van der Waals surface area contributed by atoms with Gasteiger partial charge in [-0.15, -0.1) is 0 Å². The summed E-state index contributed by atoms with van der Waals surface area (Å²) in [5.74, 6) is 0.597. The van der Waals surface area contributed by atoms with Crippen molar-refractivity contribution < 1.29 is 4.74 Å². The highest BCUT2D eigenvalue weighted by atomic mass is 79.9. The summed E-state index contributed by atoms with van der Waals surface area (Å²) in [7, 11) is 0. The van der Waals surface area contributed by atoms with Crippen LogP contribution in [0.1, 0.15) is 31.7 Å². The molecule has 0 saturated carbocycles. The summed E-state index contributed by atoms with van der Waals surface area (Å²) in [4.78, 5) is 2.33. The molecule has 0 aromatic heterocycles. The molecule has 112 valence electrons. The topological polar surface area (TPSA) is 12.5 Å². The number of anilines is 1. The molecular weight excluding hydrogens is 326 g/mol. The van der Waals surface area contributed by atoms with Gasteiger partial charge >= 0.3 is 0 Å². The number of benzene rings is 1. The molecule has 0 N–H and O–H groups in total. The average molecular weight is 348 g/mol. The van der Waals surface area contributed by atoms with E-state index in [0.29, 0.717) is 12.6 Å². The minimum atomic E-state index is 0.597. The molecule has 1 aromatic rings. The molecule has 2 nitrogen and oxygen atoms in total. The van der Waals surface area contributed by atoms with Gasteiger partial charge in [-0.1, -0.05) is 41.1 Å². The van der Waals surface area contributed by atoms with Crippen LogP contribution in [0.3, 0.4) is 0 Å². The van der Waals surface area contributed by atoms with Crippen LogP contribution in [-0.4, -0.2) is 13.3 Å². The van der Waals surface area contributed by atoms with Crippen LogP contribution in [0.15, 0.2) is 46.1 Å². The highest BCUT2D eigenvalue weighted by Gasteiger charge is 2.23. The molecule has 0 bridgehead atoms. The molecule has 1 aliphatic heterocycles. The predicted octanol–water partition coefficient (Wildman–Crippen LogP) is 5.14. The number of rotatable bonds is 1. The number of ether oxygens (including phenoxy) is 1. The molecule has 0 fully saturated rings. The fourth-order valence-corrected chi connectivity index (χ4v) is 3.57. The third kappa shape index (κ3) is 3.24. The van der Waals surface area contributed by atoms with Crippen LogP contribution in [0.5, 0.6) is 0 Å². The van der Waals surface area contributed by atoms with Gasteiger partial charge < -0.3 is 9.64 Å². The van der Waals surface area contributed by atoms with E-state index in [9.17, 15) is 0 Å². The van der Waals surface area contributed by atoms with Crippen LogP contribution < -0.4 is 4.90 Å². The van der Waals surface area contributed by atoms with Crippen molar-refractivity contribution in [1.82, 2.24) is 0 Å². The number of para-hydroxylation sites is 1. The van der Waals surface area contributed by atoms with Crippen molar-refractivity contribution >= 4 is 21.6 Å². The first-order valence-electron chi connectivity index (χ1n) is 7.64. The molecule has 1 unspecified atom stereocenters. The number of hydrogen-bond donors (Lipinski definition) is 0. The highest BCUT2D eigenvalue weighted by molar-refractivity contribution is 9.11. The lowest BCUT2D eigenvalue weighted by Crippen LogP contribution is -2.31. The van der Waals surface area contributed by atoms with Gasteiger partial charge in [-0.05, 0) is 59.9 Å². The number of aryl methyl sites for hydroxylation is 1. The molecule has 2 aliphatic rings. The summed E-state index contributed by atoms with van der Waals surface area (Å²) in [6.07, 6.45) is 5.69. The molecule has 1 aliphatic carbocycles. The van der Waals surface area contributed by atoms with E-state index in [4.69, 9.17) is 4.74 Å². The van der Waals surface area contributed by atoms with E-state index < -0.39 is 0 Å². The van der Waals surface area contributed by atoms with Gasteiger partial charge in [-0.25, -0.2) is 0 Å². The first-order valence-corrected chi connectivity index (χ1v) is 8.43. The second kappa shape index (κ2) is 6.37. The molecule has 1 aromatic carbocycles. The number of halogens is 1. The summed E-state index contributed by atoms with van der Waals surface area (Å²) in [5, 5.41) is 0. The van der Waals surface area contributed by atoms with Gasteiger partial charge in [0.1, 0.15) is 6.73 Å². The molecule has 1 heterocycles. The summed E-state index contributed by atoms with van der Waals surface area (Å²) in [5.41, 5.74) is 5.43. The fraction of sp³-hybridized carbons (Fsp3) is 0.444. The van der Waals surface area contributed by atoms with Crippen molar-refractivity contribution in [3.05, 3.63) is 51.7 Å². The molecule has 0 amide bonds. The Balaban J connectivity index is 2.06. The van der Waals surface area contributed by atoms with E-state index in [1.165, 1.54) is 21.4 Å². The second-order valence-corrected chi connectivity index (χ2v) is 7.12. The molecule has 3 heteroatoms. The van der Waals surface area contributed by atoms with Crippen molar-refractivity contribution in [3.8, 4) is 0 Å². The molecule has 0 spiro atoms. The molecular formula is C18H22BrNO. The van der Waals surface area contributed by atoms with Crippen LogP contribution in [0.2, 0.25) is 0 Å². The smallest absolute Gasteiger partial charge is 0.123 e. The van der Waals surface area contributed by atoms with Gasteiger partial charge in [-0.3, -0.25) is 0 Å². The fourth-order valence-electron chi connectivity index (χ4n) is 3.16. The van der Waals surface area contributed by atoms with Gasteiger partial charge in [0.25, 0.3) is 0 Å². The molecule has 0 saturated heterocycles. The number of hydrogen-bond acceptors (Lipinski definition) is 2. The minimum Gasteiger partial charge on any atom is -0.360 e. The maximum absolute atomic E-state index is 5.94. The summed E-state index contributed by atoms with van der Waals surface area (Å²) in [6.45, 7) is 5.91. The Morgan fingerprint density at radius 1 is 1.24 bits per heavy atom. The van der Waals surface area contributed by atoms with Crippen LogP contribution in [0.25, 0.3) is 0 Å². The standard InChI is InChI=1S/C18H22BrNO/c1-13-9-15-7-8-16(19)10-18(15)20(12-21-11-13)17-6-4-3-5-14(17)2/h3-6,10,13H,7-9,11-12H2,1-2H3. The Morgan fingerprint density at radius 3 is 2.86 bits per heavy atom. The Labute approximate surface area is 135 Å². The normalized spacial score (nSPS) is 23.3. The van der Waals surface area contributed by atoms with Gasteiger partial charge in [0, 0.05) is 11.4 Å². The van der Waals surface area contributed by atoms with Crippen molar-refractivity contribution in [3.63, 3.8) is 0 Å². The van der Waals surface area contributed by atoms with E-state index in [2.05, 4.69) is 65.0 Å². The van der Waals surface area contributed by atoms with E-state index in [0.717, 1.165) is 25.9 Å². The number of allylic oxidation sites excluding steroid dienone is 3. The Hall–Kier alpha value is -1.06. The lowest BCUT2D eigenvalue weighted by atomic mass is 9.92. The maximum Gasteiger partial charge on any atom is 0.123 e. The molecule has 1 atom stereocenters. The van der Waals surface area contributed by atoms with Crippen LogP contribution in [0, 0.1) is 12.8 Å². The van der Waals surface area contributed by atoms with Gasteiger partial charge in [0.15, 0.2) is 0 Å². The first kappa shape index (κ1) is 14.9. The van der Waals surface area contributed by atoms with Crippen LogP contribution >= 0.6 is 15.9 Å². The Kier molecular flexibility index (Phi) is 4.51. The lowest BCUT2D eigenvalue weighted by molar-refractivity contribution is 0.104. The maximum atomic E-state index is 5.94. The minimum absolute atomic E-state index is 0.597. The van der Waals surface area contributed by atoms with E-state index in [1.54, 1.807) is 5.57 Å². The quantitative estimate of drug-likeness (QED) is 0.697. The zero-order chi connectivity index (χ0) is 14.8. The monoisotopic (exact) mass is 347 g/mol.